The van der Waals surface area contributed by atoms with Crippen LogP contribution >= 0.6 is 0 Å². The second-order valence-corrected chi connectivity index (χ2v) is 3.19. The third-order valence-electron chi connectivity index (χ3n) is 1.99. The quantitative estimate of drug-likeness (QED) is 0.740. The number of aromatic nitrogens is 4. The van der Waals surface area contributed by atoms with Crippen LogP contribution in [0.1, 0.15) is 16.2 Å². The van der Waals surface area contributed by atoms with Crippen LogP contribution in [0, 0.1) is 0 Å². The van der Waals surface area contributed by atoms with Crippen molar-refractivity contribution in [3.63, 3.8) is 0 Å². The Kier molecular flexibility index (Phi) is 3.20. The van der Waals surface area contributed by atoms with E-state index in [9.17, 15) is 9.59 Å². The van der Waals surface area contributed by atoms with Gasteiger partial charge in [-0.15, -0.1) is 0 Å². The summed E-state index contributed by atoms with van der Waals surface area (Å²) >= 11 is 0. The van der Waals surface area contributed by atoms with Crippen LogP contribution in [0.25, 0.3) is 0 Å². The minimum atomic E-state index is -0.375. The summed E-state index contributed by atoms with van der Waals surface area (Å²) in [7, 11) is 0. The molecule has 0 aliphatic carbocycles. The number of nitrogens with zero attached hydrogens (tertiary/aromatic N) is 3. The van der Waals surface area contributed by atoms with Gasteiger partial charge in [0.2, 0.25) is 0 Å². The monoisotopic (exact) mass is 231 g/mol. The maximum atomic E-state index is 11.6. The normalized spacial score (nSPS) is 9.88. The van der Waals surface area contributed by atoms with Gasteiger partial charge in [-0.3, -0.25) is 9.59 Å². The van der Waals surface area contributed by atoms with Crippen LogP contribution in [-0.2, 0) is 6.54 Å². The smallest absolute Gasteiger partial charge is 0.272 e. The van der Waals surface area contributed by atoms with Gasteiger partial charge in [-0.1, -0.05) is 0 Å². The lowest BCUT2D eigenvalue weighted by Gasteiger charge is -2.02. The summed E-state index contributed by atoms with van der Waals surface area (Å²) < 4.78 is 0. The van der Waals surface area contributed by atoms with Crippen LogP contribution in [0.4, 0.5) is 0 Å². The van der Waals surface area contributed by atoms with Gasteiger partial charge < -0.3 is 5.32 Å². The molecule has 7 heteroatoms. The molecule has 0 spiro atoms. The van der Waals surface area contributed by atoms with E-state index in [-0.39, 0.29) is 23.7 Å². The highest BCUT2D eigenvalue weighted by Gasteiger charge is 2.06. The van der Waals surface area contributed by atoms with Gasteiger partial charge in [0, 0.05) is 12.3 Å². The number of H-pyrrole nitrogens is 1. The number of nitrogens with one attached hydrogen (secondary N) is 2. The summed E-state index contributed by atoms with van der Waals surface area (Å²) in [6, 6.07) is 4.29. The van der Waals surface area contributed by atoms with E-state index in [0.29, 0.717) is 5.69 Å². The van der Waals surface area contributed by atoms with E-state index in [1.807, 2.05) is 0 Å². The molecule has 0 aliphatic heterocycles. The van der Waals surface area contributed by atoms with Crippen LogP contribution in [-0.4, -0.2) is 26.1 Å². The second kappa shape index (κ2) is 4.97. The fourth-order valence-corrected chi connectivity index (χ4v) is 1.15. The Bertz CT molecular complexity index is 546. The molecule has 2 heterocycles. The van der Waals surface area contributed by atoms with E-state index in [4.69, 9.17) is 0 Å². The maximum Gasteiger partial charge on any atom is 0.272 e. The molecule has 17 heavy (non-hydrogen) atoms. The predicted octanol–water partition coefficient (Wildman–Crippen LogP) is -0.510. The molecule has 0 aromatic carbocycles. The molecular weight excluding hydrogens is 222 g/mol. The summed E-state index contributed by atoms with van der Waals surface area (Å²) in [5.74, 6) is -0.375. The highest BCUT2D eigenvalue weighted by molar-refractivity contribution is 5.91. The lowest BCUT2D eigenvalue weighted by molar-refractivity contribution is 0.0944. The maximum absolute atomic E-state index is 11.6. The lowest BCUT2D eigenvalue weighted by Crippen LogP contribution is -2.25. The highest BCUT2D eigenvalue weighted by Crippen LogP contribution is 1.93. The molecule has 1 amide bonds. The van der Waals surface area contributed by atoms with Crippen molar-refractivity contribution in [3.05, 3.63) is 52.5 Å². The number of rotatable bonds is 3. The molecule has 2 aromatic rings. The Morgan fingerprint density at radius 3 is 2.88 bits per heavy atom. The van der Waals surface area contributed by atoms with Gasteiger partial charge in [0.25, 0.3) is 11.5 Å². The molecule has 0 radical (unpaired) electrons. The van der Waals surface area contributed by atoms with Crippen molar-refractivity contribution in [2.75, 3.05) is 0 Å². The minimum absolute atomic E-state index is 0.152. The molecule has 0 fully saturated rings. The van der Waals surface area contributed by atoms with E-state index in [1.54, 1.807) is 12.3 Å². The zero-order valence-corrected chi connectivity index (χ0v) is 8.75. The Morgan fingerprint density at radius 2 is 2.24 bits per heavy atom. The van der Waals surface area contributed by atoms with Gasteiger partial charge >= 0.3 is 0 Å². The number of amides is 1. The zero-order chi connectivity index (χ0) is 12.1. The number of carbonyl (C=O) groups excluding carboxylic acids is 1. The van der Waals surface area contributed by atoms with Gasteiger partial charge in [-0.25, -0.2) is 15.1 Å². The van der Waals surface area contributed by atoms with Crippen molar-refractivity contribution in [1.29, 1.82) is 0 Å². The molecule has 0 bridgehead atoms. The summed E-state index contributed by atoms with van der Waals surface area (Å²) in [6.07, 6.45) is 2.99. The number of carbonyl (C=O) groups is 1. The molecule has 0 atom stereocenters. The first-order valence-corrected chi connectivity index (χ1v) is 4.84. The van der Waals surface area contributed by atoms with E-state index >= 15 is 0 Å². The molecule has 2 N–H and O–H groups in total. The van der Waals surface area contributed by atoms with E-state index in [2.05, 4.69) is 25.5 Å². The number of hydrogen-bond acceptors (Lipinski definition) is 5. The van der Waals surface area contributed by atoms with Gasteiger partial charge in [0.1, 0.15) is 12.0 Å². The second-order valence-electron chi connectivity index (χ2n) is 3.19. The Labute approximate surface area is 95.9 Å². The van der Waals surface area contributed by atoms with Crippen molar-refractivity contribution in [3.8, 4) is 0 Å². The first-order chi connectivity index (χ1) is 8.25. The van der Waals surface area contributed by atoms with Gasteiger partial charge in [0.05, 0.1) is 12.2 Å². The Hall–Kier alpha value is -2.57. The number of hydrogen-bond donors (Lipinski definition) is 2. The van der Waals surface area contributed by atoms with Crippen LogP contribution in [0.3, 0.4) is 0 Å². The Morgan fingerprint density at radius 1 is 1.35 bits per heavy atom. The predicted molar refractivity (Wildman–Crippen MR) is 58.1 cm³/mol. The van der Waals surface area contributed by atoms with Crippen LogP contribution in [0.5, 0.6) is 0 Å². The largest absolute Gasteiger partial charge is 0.345 e. The fourth-order valence-electron chi connectivity index (χ4n) is 1.15. The molecule has 86 valence electrons. The van der Waals surface area contributed by atoms with Crippen LogP contribution < -0.4 is 10.9 Å². The molecule has 7 nitrogen and oxygen atoms in total. The Balaban J connectivity index is 1.98. The first-order valence-electron chi connectivity index (χ1n) is 4.84. The van der Waals surface area contributed by atoms with Gasteiger partial charge in [0.15, 0.2) is 0 Å². The summed E-state index contributed by atoms with van der Waals surface area (Å²) in [5, 5.41) is 8.42. The highest BCUT2D eigenvalue weighted by atomic mass is 16.2. The number of aromatic amines is 1. The third kappa shape index (κ3) is 2.94. The molecule has 0 unspecified atom stereocenters. The van der Waals surface area contributed by atoms with Crippen molar-refractivity contribution in [2.24, 2.45) is 0 Å². The molecule has 0 saturated heterocycles. The van der Waals surface area contributed by atoms with Crippen LogP contribution in [0.2, 0.25) is 0 Å². The zero-order valence-electron chi connectivity index (χ0n) is 8.75. The van der Waals surface area contributed by atoms with Crippen molar-refractivity contribution >= 4 is 5.91 Å². The average Bonchev–Trinajstić information content (AvgIpc) is 2.38. The van der Waals surface area contributed by atoms with Crippen molar-refractivity contribution < 1.29 is 4.79 Å². The van der Waals surface area contributed by atoms with Crippen molar-refractivity contribution in [1.82, 2.24) is 25.5 Å². The molecule has 0 aliphatic rings. The third-order valence-corrected chi connectivity index (χ3v) is 1.99. The van der Waals surface area contributed by atoms with Crippen LogP contribution in [0.15, 0.2) is 35.5 Å². The van der Waals surface area contributed by atoms with Crippen molar-refractivity contribution in [2.45, 2.75) is 6.54 Å². The van der Waals surface area contributed by atoms with Gasteiger partial charge in [-0.05, 0) is 12.1 Å². The summed E-state index contributed by atoms with van der Waals surface area (Å²) in [6.45, 7) is 0.280. The first kappa shape index (κ1) is 10.9. The van der Waals surface area contributed by atoms with E-state index < -0.39 is 0 Å². The standard InChI is InChI=1S/C10H9N5O2/c16-9-2-1-8(14-15-9)10(17)12-5-7-3-4-11-6-13-7/h1-4,6H,5H2,(H,12,17)(H,15,16). The summed E-state index contributed by atoms with van der Waals surface area (Å²) in [5.41, 5.74) is 0.494. The van der Waals surface area contributed by atoms with E-state index in [0.717, 1.165) is 0 Å². The molecule has 2 rings (SSSR count). The topological polar surface area (TPSA) is 101 Å². The molecule has 2 aromatic heterocycles. The van der Waals surface area contributed by atoms with E-state index in [1.165, 1.54) is 18.5 Å². The lowest BCUT2D eigenvalue weighted by atomic mass is 10.3. The molecular formula is C10H9N5O2. The minimum Gasteiger partial charge on any atom is -0.345 e. The SMILES string of the molecule is O=C(NCc1ccncn1)c1ccc(=O)[nH]n1. The molecule has 0 saturated carbocycles. The summed E-state index contributed by atoms with van der Waals surface area (Å²) in [4.78, 5) is 30.1. The van der Waals surface area contributed by atoms with Gasteiger partial charge in [-0.2, -0.15) is 5.10 Å². The average molecular weight is 231 g/mol. The fraction of sp³-hybridized carbons (Fsp3) is 0.100.